The maximum atomic E-state index is 13.2. The van der Waals surface area contributed by atoms with Crippen LogP contribution < -0.4 is 10.1 Å². The van der Waals surface area contributed by atoms with Crippen LogP contribution in [0.3, 0.4) is 0 Å². The molecule has 0 fully saturated rings. The van der Waals surface area contributed by atoms with Crippen LogP contribution in [0.15, 0.2) is 46.9 Å². The van der Waals surface area contributed by atoms with Crippen molar-refractivity contribution in [2.75, 3.05) is 6.54 Å². The van der Waals surface area contributed by atoms with Gasteiger partial charge in [-0.05, 0) is 48.4 Å². The average molecular weight is 350 g/mol. The molecule has 0 spiro atoms. The molecule has 2 atom stereocenters. The van der Waals surface area contributed by atoms with Gasteiger partial charge in [0.05, 0.1) is 0 Å². The van der Waals surface area contributed by atoms with Crippen LogP contribution in [0.1, 0.15) is 24.1 Å². The molecule has 0 radical (unpaired) electrons. The molecular formula is C17H17BrFNO. The molecule has 2 aromatic rings. The largest absolute Gasteiger partial charge is 0.488 e. The fourth-order valence-corrected chi connectivity index (χ4v) is 3.01. The molecule has 1 heterocycles. The van der Waals surface area contributed by atoms with Crippen molar-refractivity contribution in [2.24, 2.45) is 0 Å². The molecule has 0 aliphatic carbocycles. The van der Waals surface area contributed by atoms with E-state index in [0.717, 1.165) is 28.8 Å². The Hall–Kier alpha value is -1.39. The first-order valence-electron chi connectivity index (χ1n) is 7.06. The van der Waals surface area contributed by atoms with E-state index >= 15 is 0 Å². The number of hydrogen-bond donors (Lipinski definition) is 1. The molecule has 110 valence electrons. The van der Waals surface area contributed by atoms with E-state index in [9.17, 15) is 4.39 Å². The van der Waals surface area contributed by atoms with Crippen LogP contribution in [0.4, 0.5) is 4.39 Å². The standard InChI is InChI=1S/C17H17BrFNO/c1-11(12-3-2-4-15(19)8-12)20-10-16-9-13-7-14(18)5-6-17(13)21-16/h2-8,11,16,20H,9-10H2,1H3/t11-,16?/m1/s1. The minimum Gasteiger partial charge on any atom is -0.488 e. The van der Waals surface area contributed by atoms with Crippen molar-refractivity contribution in [1.82, 2.24) is 5.32 Å². The number of benzene rings is 2. The summed E-state index contributed by atoms with van der Waals surface area (Å²) >= 11 is 3.48. The fraction of sp³-hybridized carbons (Fsp3) is 0.294. The van der Waals surface area contributed by atoms with Gasteiger partial charge in [0.15, 0.2) is 0 Å². The average Bonchev–Trinajstić information content (AvgIpc) is 2.86. The van der Waals surface area contributed by atoms with Crippen molar-refractivity contribution in [3.8, 4) is 5.75 Å². The van der Waals surface area contributed by atoms with Crippen molar-refractivity contribution in [3.63, 3.8) is 0 Å². The predicted octanol–water partition coefficient (Wildman–Crippen LogP) is 4.24. The van der Waals surface area contributed by atoms with Crippen molar-refractivity contribution in [2.45, 2.75) is 25.5 Å². The first kappa shape index (κ1) is 14.5. The molecule has 2 nitrogen and oxygen atoms in total. The van der Waals surface area contributed by atoms with E-state index in [1.54, 1.807) is 12.1 Å². The van der Waals surface area contributed by atoms with Crippen LogP contribution in [0.2, 0.25) is 0 Å². The number of halogens is 2. The molecule has 1 aliphatic rings. The highest BCUT2D eigenvalue weighted by Gasteiger charge is 2.23. The highest BCUT2D eigenvalue weighted by Crippen LogP contribution is 2.31. The molecule has 0 saturated carbocycles. The highest BCUT2D eigenvalue weighted by atomic mass is 79.9. The second-order valence-corrected chi connectivity index (χ2v) is 6.30. The van der Waals surface area contributed by atoms with Gasteiger partial charge < -0.3 is 10.1 Å². The summed E-state index contributed by atoms with van der Waals surface area (Å²) in [6.45, 7) is 2.78. The molecule has 0 saturated heterocycles. The van der Waals surface area contributed by atoms with Gasteiger partial charge in [-0.3, -0.25) is 0 Å². The van der Waals surface area contributed by atoms with Crippen molar-refractivity contribution in [1.29, 1.82) is 0 Å². The Labute approximate surface area is 132 Å². The van der Waals surface area contributed by atoms with Crippen LogP contribution in [0, 0.1) is 5.82 Å². The molecule has 2 aromatic carbocycles. The zero-order valence-corrected chi connectivity index (χ0v) is 13.4. The molecule has 21 heavy (non-hydrogen) atoms. The van der Waals surface area contributed by atoms with E-state index in [1.165, 1.54) is 11.6 Å². The summed E-state index contributed by atoms with van der Waals surface area (Å²) in [5.41, 5.74) is 2.18. The Balaban J connectivity index is 1.57. The van der Waals surface area contributed by atoms with Gasteiger partial charge in [-0.15, -0.1) is 0 Å². The minimum atomic E-state index is -0.199. The number of fused-ring (bicyclic) bond motifs is 1. The monoisotopic (exact) mass is 349 g/mol. The van der Waals surface area contributed by atoms with Gasteiger partial charge in [-0.25, -0.2) is 4.39 Å². The Bertz CT molecular complexity index is 646. The minimum absolute atomic E-state index is 0.0970. The van der Waals surface area contributed by atoms with E-state index in [1.807, 2.05) is 25.1 Å². The molecule has 1 aliphatic heterocycles. The highest BCUT2D eigenvalue weighted by molar-refractivity contribution is 9.10. The summed E-state index contributed by atoms with van der Waals surface area (Å²) in [5, 5.41) is 3.41. The lowest BCUT2D eigenvalue weighted by atomic mass is 10.1. The van der Waals surface area contributed by atoms with Crippen LogP contribution in [0.25, 0.3) is 0 Å². The molecule has 0 amide bonds. The first-order chi connectivity index (χ1) is 10.1. The smallest absolute Gasteiger partial charge is 0.123 e. The molecule has 1 N–H and O–H groups in total. The zero-order valence-electron chi connectivity index (χ0n) is 11.8. The topological polar surface area (TPSA) is 21.3 Å². The van der Waals surface area contributed by atoms with Crippen LogP contribution in [-0.2, 0) is 6.42 Å². The Kier molecular flexibility index (Phi) is 4.27. The molecule has 0 aromatic heterocycles. The normalized spacial score (nSPS) is 18.1. The Morgan fingerprint density at radius 1 is 1.33 bits per heavy atom. The van der Waals surface area contributed by atoms with E-state index < -0.39 is 0 Å². The van der Waals surface area contributed by atoms with Gasteiger partial charge in [0, 0.05) is 23.5 Å². The number of rotatable bonds is 4. The van der Waals surface area contributed by atoms with E-state index in [0.29, 0.717) is 0 Å². The summed E-state index contributed by atoms with van der Waals surface area (Å²) in [4.78, 5) is 0. The third-order valence-corrected chi connectivity index (χ3v) is 4.26. The van der Waals surface area contributed by atoms with Gasteiger partial charge in [0.1, 0.15) is 17.7 Å². The lowest BCUT2D eigenvalue weighted by molar-refractivity contribution is 0.222. The van der Waals surface area contributed by atoms with Crippen molar-refractivity contribution >= 4 is 15.9 Å². The van der Waals surface area contributed by atoms with E-state index in [4.69, 9.17) is 4.74 Å². The summed E-state index contributed by atoms with van der Waals surface area (Å²) in [5.74, 6) is 0.763. The Morgan fingerprint density at radius 2 is 2.19 bits per heavy atom. The van der Waals surface area contributed by atoms with Gasteiger partial charge in [-0.2, -0.15) is 0 Å². The summed E-state index contributed by atoms with van der Waals surface area (Å²) in [7, 11) is 0. The quantitative estimate of drug-likeness (QED) is 0.891. The zero-order chi connectivity index (χ0) is 14.8. The second-order valence-electron chi connectivity index (χ2n) is 5.38. The van der Waals surface area contributed by atoms with Gasteiger partial charge in [0.25, 0.3) is 0 Å². The molecule has 4 heteroatoms. The summed E-state index contributed by atoms with van der Waals surface area (Å²) < 4.78 is 20.2. The second kappa shape index (κ2) is 6.16. The van der Waals surface area contributed by atoms with E-state index in [2.05, 4.69) is 27.3 Å². The third-order valence-electron chi connectivity index (χ3n) is 3.76. The first-order valence-corrected chi connectivity index (χ1v) is 7.85. The van der Waals surface area contributed by atoms with Crippen LogP contribution >= 0.6 is 15.9 Å². The lowest BCUT2D eigenvalue weighted by Crippen LogP contribution is -2.31. The Morgan fingerprint density at radius 3 is 3.00 bits per heavy atom. The number of hydrogen-bond acceptors (Lipinski definition) is 2. The van der Waals surface area contributed by atoms with Gasteiger partial charge in [0.2, 0.25) is 0 Å². The predicted molar refractivity (Wildman–Crippen MR) is 85.1 cm³/mol. The van der Waals surface area contributed by atoms with Crippen molar-refractivity contribution in [3.05, 3.63) is 63.9 Å². The van der Waals surface area contributed by atoms with Gasteiger partial charge >= 0.3 is 0 Å². The maximum Gasteiger partial charge on any atom is 0.123 e. The fourth-order valence-electron chi connectivity index (χ4n) is 2.60. The molecule has 1 unspecified atom stereocenters. The van der Waals surface area contributed by atoms with Crippen LogP contribution in [-0.4, -0.2) is 12.6 Å². The summed E-state index contributed by atoms with van der Waals surface area (Å²) in [6.07, 6.45) is 1.03. The van der Waals surface area contributed by atoms with Crippen LogP contribution in [0.5, 0.6) is 5.75 Å². The number of ether oxygens (including phenoxy) is 1. The molecule has 3 rings (SSSR count). The third kappa shape index (κ3) is 3.44. The van der Waals surface area contributed by atoms with Crippen molar-refractivity contribution < 1.29 is 9.13 Å². The number of nitrogens with one attached hydrogen (secondary N) is 1. The molecular weight excluding hydrogens is 333 g/mol. The summed E-state index contributed by atoms with van der Waals surface area (Å²) in [6, 6.07) is 12.9. The van der Waals surface area contributed by atoms with E-state index in [-0.39, 0.29) is 18.0 Å². The van der Waals surface area contributed by atoms with Gasteiger partial charge in [-0.1, -0.05) is 28.1 Å². The lowest BCUT2D eigenvalue weighted by Gasteiger charge is -2.17. The SMILES string of the molecule is C[C@@H](NCC1Cc2cc(Br)ccc2O1)c1cccc(F)c1. The molecule has 0 bridgehead atoms. The maximum absolute atomic E-state index is 13.2.